The average Bonchev–Trinajstić information content (AvgIpc) is 2.67. The zero-order valence-electron chi connectivity index (χ0n) is 11.2. The highest BCUT2D eigenvalue weighted by atomic mass is 32.2. The lowest BCUT2D eigenvalue weighted by Crippen LogP contribution is -2.32. The van der Waals surface area contributed by atoms with Crippen LogP contribution in [-0.4, -0.2) is 30.2 Å². The molecular weight excluding hydrogens is 242 g/mol. The van der Waals surface area contributed by atoms with Gasteiger partial charge in [0.2, 0.25) is 0 Å². The molecule has 1 saturated heterocycles. The summed E-state index contributed by atoms with van der Waals surface area (Å²) in [4.78, 5) is 15.8. The van der Waals surface area contributed by atoms with Gasteiger partial charge >= 0.3 is 0 Å². The molecule has 0 spiro atoms. The molecule has 0 atom stereocenters. The quantitative estimate of drug-likeness (QED) is 0.758. The smallest absolute Gasteiger partial charge is 0.254 e. The first-order valence-corrected chi connectivity index (χ1v) is 7.89. The zero-order chi connectivity index (χ0) is 13.0. The Labute approximate surface area is 114 Å². The monoisotopic (exact) mass is 263 g/mol. The van der Waals surface area contributed by atoms with Gasteiger partial charge in [-0.25, -0.2) is 0 Å². The molecule has 3 heteroatoms. The third-order valence-electron chi connectivity index (χ3n) is 3.57. The third kappa shape index (κ3) is 3.08. The molecule has 0 aromatic heterocycles. The number of likely N-dealkylation sites (tertiary alicyclic amines) is 1. The molecule has 0 unspecified atom stereocenters. The second kappa shape index (κ2) is 6.28. The standard InChI is InChI=1S/C15H21NOS/c1-12-7-8-13(18-2)11-14(12)15(17)16-9-5-3-4-6-10-16/h7-8,11H,3-6,9-10H2,1-2H3. The van der Waals surface area contributed by atoms with Gasteiger partial charge in [0.25, 0.3) is 5.91 Å². The number of rotatable bonds is 2. The van der Waals surface area contributed by atoms with Crippen LogP contribution < -0.4 is 0 Å². The molecule has 1 fully saturated rings. The molecule has 0 N–H and O–H groups in total. The van der Waals surface area contributed by atoms with Crippen LogP contribution in [0.4, 0.5) is 0 Å². The van der Waals surface area contributed by atoms with Crippen LogP contribution in [0.5, 0.6) is 0 Å². The van der Waals surface area contributed by atoms with Crippen LogP contribution >= 0.6 is 11.8 Å². The van der Waals surface area contributed by atoms with Gasteiger partial charge in [-0.3, -0.25) is 4.79 Å². The van der Waals surface area contributed by atoms with Crippen molar-refractivity contribution in [3.8, 4) is 0 Å². The van der Waals surface area contributed by atoms with Gasteiger partial charge in [0.05, 0.1) is 0 Å². The van der Waals surface area contributed by atoms with E-state index in [1.165, 1.54) is 17.7 Å². The summed E-state index contributed by atoms with van der Waals surface area (Å²) in [5, 5.41) is 0. The molecular formula is C15H21NOS. The lowest BCUT2D eigenvalue weighted by Gasteiger charge is -2.21. The van der Waals surface area contributed by atoms with Crippen molar-refractivity contribution in [1.82, 2.24) is 4.90 Å². The number of benzene rings is 1. The molecule has 1 aromatic carbocycles. The fraction of sp³-hybridized carbons (Fsp3) is 0.533. The fourth-order valence-corrected chi connectivity index (χ4v) is 2.84. The van der Waals surface area contributed by atoms with E-state index in [1.54, 1.807) is 11.8 Å². The molecule has 1 aliphatic heterocycles. The fourth-order valence-electron chi connectivity index (χ4n) is 2.40. The van der Waals surface area contributed by atoms with Crippen molar-refractivity contribution in [3.05, 3.63) is 29.3 Å². The SMILES string of the molecule is CSc1ccc(C)c(C(=O)N2CCCCCC2)c1. The summed E-state index contributed by atoms with van der Waals surface area (Å²) in [6.45, 7) is 3.86. The van der Waals surface area contributed by atoms with Gasteiger partial charge in [0, 0.05) is 23.5 Å². The maximum absolute atomic E-state index is 12.6. The number of hydrogen-bond acceptors (Lipinski definition) is 2. The van der Waals surface area contributed by atoms with Gasteiger partial charge in [0.15, 0.2) is 0 Å². The van der Waals surface area contributed by atoms with Gasteiger partial charge in [-0.2, -0.15) is 0 Å². The third-order valence-corrected chi connectivity index (χ3v) is 4.29. The van der Waals surface area contributed by atoms with Crippen LogP contribution in [0.15, 0.2) is 23.1 Å². The number of carbonyl (C=O) groups is 1. The van der Waals surface area contributed by atoms with Gasteiger partial charge in [-0.15, -0.1) is 11.8 Å². The maximum Gasteiger partial charge on any atom is 0.254 e. The van der Waals surface area contributed by atoms with Crippen molar-refractivity contribution < 1.29 is 4.79 Å². The lowest BCUT2D eigenvalue weighted by molar-refractivity contribution is 0.0760. The number of thioether (sulfide) groups is 1. The van der Waals surface area contributed by atoms with Gasteiger partial charge in [0.1, 0.15) is 0 Å². The Morgan fingerprint density at radius 2 is 1.83 bits per heavy atom. The lowest BCUT2D eigenvalue weighted by atomic mass is 10.1. The Kier molecular flexibility index (Phi) is 4.70. The first-order chi connectivity index (χ1) is 8.72. The summed E-state index contributed by atoms with van der Waals surface area (Å²) < 4.78 is 0. The molecule has 1 aliphatic rings. The van der Waals surface area contributed by atoms with Crippen LogP contribution in [0.2, 0.25) is 0 Å². The highest BCUT2D eigenvalue weighted by Crippen LogP contribution is 2.21. The predicted molar refractivity (Wildman–Crippen MR) is 77.3 cm³/mol. The van der Waals surface area contributed by atoms with Gasteiger partial charge in [-0.05, 0) is 43.7 Å². The van der Waals surface area contributed by atoms with E-state index in [0.29, 0.717) is 0 Å². The zero-order valence-corrected chi connectivity index (χ0v) is 12.1. The van der Waals surface area contributed by atoms with E-state index in [2.05, 4.69) is 12.1 Å². The Morgan fingerprint density at radius 1 is 1.17 bits per heavy atom. The Bertz CT molecular complexity index is 423. The molecule has 1 aromatic rings. The van der Waals surface area contributed by atoms with E-state index in [-0.39, 0.29) is 5.91 Å². The van der Waals surface area contributed by atoms with Crippen molar-refractivity contribution >= 4 is 17.7 Å². The molecule has 0 aliphatic carbocycles. The minimum atomic E-state index is 0.213. The molecule has 0 radical (unpaired) electrons. The summed E-state index contributed by atoms with van der Waals surface area (Å²) >= 11 is 1.69. The summed E-state index contributed by atoms with van der Waals surface area (Å²) in [7, 11) is 0. The van der Waals surface area contributed by atoms with Gasteiger partial charge in [-0.1, -0.05) is 18.9 Å². The van der Waals surface area contributed by atoms with Crippen molar-refractivity contribution in [2.75, 3.05) is 19.3 Å². The van der Waals surface area contributed by atoms with Gasteiger partial charge < -0.3 is 4.90 Å². The van der Waals surface area contributed by atoms with Crippen LogP contribution in [-0.2, 0) is 0 Å². The molecule has 18 heavy (non-hydrogen) atoms. The topological polar surface area (TPSA) is 20.3 Å². The van der Waals surface area contributed by atoms with Crippen molar-refractivity contribution in [1.29, 1.82) is 0 Å². The second-order valence-electron chi connectivity index (χ2n) is 4.89. The highest BCUT2D eigenvalue weighted by Gasteiger charge is 2.19. The Balaban J connectivity index is 2.21. The first-order valence-electron chi connectivity index (χ1n) is 6.66. The van der Waals surface area contributed by atoms with Crippen molar-refractivity contribution in [2.24, 2.45) is 0 Å². The van der Waals surface area contributed by atoms with E-state index in [1.807, 2.05) is 24.1 Å². The largest absolute Gasteiger partial charge is 0.339 e. The average molecular weight is 263 g/mol. The van der Waals surface area contributed by atoms with Crippen molar-refractivity contribution in [3.63, 3.8) is 0 Å². The molecule has 0 saturated carbocycles. The molecule has 0 bridgehead atoms. The predicted octanol–water partition coefficient (Wildman–Crippen LogP) is 3.73. The minimum absolute atomic E-state index is 0.213. The Morgan fingerprint density at radius 3 is 2.44 bits per heavy atom. The van der Waals surface area contributed by atoms with E-state index in [4.69, 9.17) is 0 Å². The summed E-state index contributed by atoms with van der Waals surface area (Å²) in [5.41, 5.74) is 1.96. The van der Waals surface area contributed by atoms with E-state index < -0.39 is 0 Å². The molecule has 2 rings (SSSR count). The number of aryl methyl sites for hydroxylation is 1. The number of carbonyl (C=O) groups excluding carboxylic acids is 1. The highest BCUT2D eigenvalue weighted by molar-refractivity contribution is 7.98. The van der Waals surface area contributed by atoms with Crippen molar-refractivity contribution in [2.45, 2.75) is 37.5 Å². The molecule has 1 heterocycles. The molecule has 2 nitrogen and oxygen atoms in total. The number of amides is 1. The Hall–Kier alpha value is -0.960. The minimum Gasteiger partial charge on any atom is -0.339 e. The van der Waals surface area contributed by atoms with E-state index >= 15 is 0 Å². The van der Waals surface area contributed by atoms with E-state index in [9.17, 15) is 4.79 Å². The summed E-state index contributed by atoms with van der Waals surface area (Å²) in [6, 6.07) is 6.17. The van der Waals surface area contributed by atoms with Crippen LogP contribution in [0.25, 0.3) is 0 Å². The summed E-state index contributed by atoms with van der Waals surface area (Å²) in [5.74, 6) is 0.213. The van der Waals surface area contributed by atoms with Crippen LogP contribution in [0.1, 0.15) is 41.6 Å². The molecule has 98 valence electrons. The first kappa shape index (κ1) is 13.5. The van der Waals surface area contributed by atoms with Crippen LogP contribution in [0.3, 0.4) is 0 Å². The summed E-state index contributed by atoms with van der Waals surface area (Å²) in [6.07, 6.45) is 6.85. The molecule has 1 amide bonds. The number of nitrogens with zero attached hydrogens (tertiary/aromatic N) is 1. The maximum atomic E-state index is 12.6. The van der Waals surface area contributed by atoms with E-state index in [0.717, 1.165) is 37.1 Å². The van der Waals surface area contributed by atoms with Crippen LogP contribution in [0, 0.1) is 6.92 Å². The number of hydrogen-bond donors (Lipinski definition) is 0. The second-order valence-corrected chi connectivity index (χ2v) is 5.77. The normalized spacial score (nSPS) is 16.4.